The second-order valence-corrected chi connectivity index (χ2v) is 6.81. The van der Waals surface area contributed by atoms with Gasteiger partial charge in [-0.3, -0.25) is 0 Å². The van der Waals surface area contributed by atoms with Crippen molar-refractivity contribution in [3.05, 3.63) is 35.6 Å². The van der Waals surface area contributed by atoms with Crippen LogP contribution in [0.2, 0.25) is 0 Å². The summed E-state index contributed by atoms with van der Waals surface area (Å²) in [5, 5.41) is 3.74. The molecule has 0 atom stereocenters. The Kier molecular flexibility index (Phi) is 3.38. The summed E-state index contributed by atoms with van der Waals surface area (Å²) in [7, 11) is 0. The Morgan fingerprint density at radius 2 is 1.84 bits per heavy atom. The van der Waals surface area contributed by atoms with E-state index in [-0.39, 0.29) is 5.82 Å². The van der Waals surface area contributed by atoms with Crippen LogP contribution < -0.4 is 5.32 Å². The van der Waals surface area contributed by atoms with E-state index in [1.54, 1.807) is 12.1 Å². The third kappa shape index (κ3) is 2.69. The molecule has 0 aliphatic heterocycles. The van der Waals surface area contributed by atoms with E-state index in [9.17, 15) is 4.39 Å². The predicted octanol–water partition coefficient (Wildman–Crippen LogP) is 4.10. The maximum atomic E-state index is 12.9. The van der Waals surface area contributed by atoms with Crippen LogP contribution in [-0.4, -0.2) is 12.6 Å². The predicted molar refractivity (Wildman–Crippen MR) is 76.7 cm³/mol. The molecule has 0 heterocycles. The fourth-order valence-corrected chi connectivity index (χ4v) is 3.26. The first-order valence-corrected chi connectivity index (χ1v) is 7.58. The van der Waals surface area contributed by atoms with Crippen LogP contribution in [0.1, 0.15) is 51.0 Å². The molecule has 0 unspecified atom stereocenters. The van der Waals surface area contributed by atoms with Gasteiger partial charge in [0.05, 0.1) is 0 Å². The third-order valence-electron chi connectivity index (χ3n) is 5.34. The summed E-state index contributed by atoms with van der Waals surface area (Å²) in [5.41, 5.74) is 1.89. The average Bonchev–Trinajstić information content (AvgIpc) is 3.10. The van der Waals surface area contributed by atoms with E-state index in [0.29, 0.717) is 17.4 Å². The Labute approximate surface area is 115 Å². The lowest BCUT2D eigenvalue weighted by Crippen LogP contribution is -2.43. The molecule has 104 valence electrons. The molecule has 1 nitrogen and oxygen atoms in total. The second-order valence-electron chi connectivity index (χ2n) is 6.81. The van der Waals surface area contributed by atoms with Crippen LogP contribution in [0.15, 0.2) is 24.3 Å². The Balaban J connectivity index is 1.44. The normalized spacial score (nSPS) is 28.2. The summed E-state index contributed by atoms with van der Waals surface area (Å²) in [6.45, 7) is 5.87. The molecule has 0 spiro atoms. The minimum Gasteiger partial charge on any atom is -0.313 e. The molecule has 1 N–H and O–H groups in total. The highest BCUT2D eigenvalue weighted by Gasteiger charge is 2.45. The van der Waals surface area contributed by atoms with Crippen molar-refractivity contribution in [1.82, 2.24) is 5.32 Å². The van der Waals surface area contributed by atoms with Gasteiger partial charge in [0.2, 0.25) is 0 Å². The van der Waals surface area contributed by atoms with E-state index in [1.165, 1.54) is 37.8 Å². The molecule has 2 saturated carbocycles. The Hall–Kier alpha value is -0.890. The molecule has 0 aromatic heterocycles. The Morgan fingerprint density at radius 1 is 1.21 bits per heavy atom. The molecule has 2 heteroatoms. The lowest BCUT2D eigenvalue weighted by molar-refractivity contribution is 0.247. The first-order chi connectivity index (χ1) is 9.09. The minimum atomic E-state index is -0.134. The zero-order valence-corrected chi connectivity index (χ0v) is 12.0. The SMILES string of the molecule is CC(C)C1(CNC2CC(c3ccc(F)cc3)C2)CC1. The van der Waals surface area contributed by atoms with Crippen LogP contribution in [0.3, 0.4) is 0 Å². The largest absolute Gasteiger partial charge is 0.313 e. The van der Waals surface area contributed by atoms with Crippen LogP contribution in [0.25, 0.3) is 0 Å². The molecule has 2 aliphatic rings. The van der Waals surface area contributed by atoms with Crippen molar-refractivity contribution in [1.29, 1.82) is 0 Å². The van der Waals surface area contributed by atoms with Crippen molar-refractivity contribution in [3.8, 4) is 0 Å². The van der Waals surface area contributed by atoms with Crippen molar-refractivity contribution >= 4 is 0 Å². The van der Waals surface area contributed by atoms with Crippen LogP contribution in [0.4, 0.5) is 4.39 Å². The second kappa shape index (κ2) is 4.90. The molecule has 1 aromatic rings. The van der Waals surface area contributed by atoms with Gasteiger partial charge in [-0.2, -0.15) is 0 Å². The highest BCUT2D eigenvalue weighted by atomic mass is 19.1. The minimum absolute atomic E-state index is 0.134. The molecule has 2 aliphatic carbocycles. The average molecular weight is 261 g/mol. The van der Waals surface area contributed by atoms with Gasteiger partial charge in [-0.15, -0.1) is 0 Å². The van der Waals surface area contributed by atoms with Gasteiger partial charge in [0, 0.05) is 12.6 Å². The van der Waals surface area contributed by atoms with Crippen LogP contribution in [0.5, 0.6) is 0 Å². The molecule has 2 fully saturated rings. The van der Waals surface area contributed by atoms with Gasteiger partial charge < -0.3 is 5.32 Å². The van der Waals surface area contributed by atoms with E-state index in [0.717, 1.165) is 5.92 Å². The smallest absolute Gasteiger partial charge is 0.123 e. The van der Waals surface area contributed by atoms with Crippen LogP contribution in [0, 0.1) is 17.2 Å². The molecular weight excluding hydrogens is 237 g/mol. The summed E-state index contributed by atoms with van der Waals surface area (Å²) in [4.78, 5) is 0. The molecule has 0 saturated heterocycles. The summed E-state index contributed by atoms with van der Waals surface area (Å²) in [5.74, 6) is 1.30. The third-order valence-corrected chi connectivity index (χ3v) is 5.34. The van der Waals surface area contributed by atoms with Crippen molar-refractivity contribution in [2.45, 2.75) is 51.5 Å². The van der Waals surface area contributed by atoms with Crippen LogP contribution in [-0.2, 0) is 0 Å². The number of hydrogen-bond donors (Lipinski definition) is 1. The number of rotatable bonds is 5. The molecule has 19 heavy (non-hydrogen) atoms. The van der Waals surface area contributed by atoms with Gasteiger partial charge in [-0.05, 0) is 60.6 Å². The number of hydrogen-bond acceptors (Lipinski definition) is 1. The molecule has 0 radical (unpaired) electrons. The number of benzene rings is 1. The number of halogens is 1. The molecule has 3 rings (SSSR count). The zero-order chi connectivity index (χ0) is 13.5. The van der Waals surface area contributed by atoms with E-state index >= 15 is 0 Å². The van der Waals surface area contributed by atoms with Crippen molar-refractivity contribution in [3.63, 3.8) is 0 Å². The lowest BCUT2D eigenvalue weighted by Gasteiger charge is -2.38. The first kappa shape index (κ1) is 13.1. The van der Waals surface area contributed by atoms with Gasteiger partial charge in [-0.1, -0.05) is 26.0 Å². The van der Waals surface area contributed by atoms with E-state index in [4.69, 9.17) is 0 Å². The Morgan fingerprint density at radius 3 is 2.37 bits per heavy atom. The number of nitrogens with one attached hydrogen (secondary N) is 1. The molecule has 1 aromatic carbocycles. The van der Waals surface area contributed by atoms with Crippen molar-refractivity contribution < 1.29 is 4.39 Å². The summed E-state index contributed by atoms with van der Waals surface area (Å²) >= 11 is 0. The van der Waals surface area contributed by atoms with E-state index in [2.05, 4.69) is 19.2 Å². The van der Waals surface area contributed by atoms with Gasteiger partial charge in [0.1, 0.15) is 5.82 Å². The van der Waals surface area contributed by atoms with Gasteiger partial charge in [0.15, 0.2) is 0 Å². The summed E-state index contributed by atoms with van der Waals surface area (Å²) in [6.07, 6.45) is 5.21. The van der Waals surface area contributed by atoms with E-state index < -0.39 is 0 Å². The van der Waals surface area contributed by atoms with Gasteiger partial charge in [0.25, 0.3) is 0 Å². The van der Waals surface area contributed by atoms with Crippen molar-refractivity contribution in [2.75, 3.05) is 6.54 Å². The standard InChI is InChI=1S/C17H24FN/c1-12(2)17(7-8-17)11-19-16-9-14(10-16)13-3-5-15(18)6-4-13/h3-6,12,14,16,19H,7-11H2,1-2H3. The summed E-state index contributed by atoms with van der Waals surface area (Å²) < 4.78 is 12.9. The Bertz CT molecular complexity index is 427. The van der Waals surface area contributed by atoms with Gasteiger partial charge >= 0.3 is 0 Å². The zero-order valence-electron chi connectivity index (χ0n) is 12.0. The maximum Gasteiger partial charge on any atom is 0.123 e. The monoisotopic (exact) mass is 261 g/mol. The maximum absolute atomic E-state index is 12.9. The van der Waals surface area contributed by atoms with Gasteiger partial charge in [-0.25, -0.2) is 4.39 Å². The lowest BCUT2D eigenvalue weighted by atomic mass is 9.75. The fourth-order valence-electron chi connectivity index (χ4n) is 3.26. The molecular formula is C17H24FN. The highest BCUT2D eigenvalue weighted by molar-refractivity contribution is 5.23. The first-order valence-electron chi connectivity index (χ1n) is 7.58. The highest BCUT2D eigenvalue weighted by Crippen LogP contribution is 2.51. The quantitative estimate of drug-likeness (QED) is 0.841. The molecule has 0 amide bonds. The van der Waals surface area contributed by atoms with Crippen LogP contribution >= 0.6 is 0 Å². The summed E-state index contributed by atoms with van der Waals surface area (Å²) in [6, 6.07) is 7.70. The van der Waals surface area contributed by atoms with Crippen molar-refractivity contribution in [2.24, 2.45) is 11.3 Å². The fraction of sp³-hybridized carbons (Fsp3) is 0.647. The topological polar surface area (TPSA) is 12.0 Å². The molecule has 0 bridgehead atoms. The van der Waals surface area contributed by atoms with E-state index in [1.807, 2.05) is 12.1 Å².